The molecular formula is C21H25N5O3S. The van der Waals surface area contributed by atoms with E-state index in [0.717, 1.165) is 35.7 Å². The molecule has 1 aliphatic heterocycles. The summed E-state index contributed by atoms with van der Waals surface area (Å²) < 4.78 is 29.3. The quantitative estimate of drug-likeness (QED) is 0.674. The monoisotopic (exact) mass is 427 g/mol. The van der Waals surface area contributed by atoms with Crippen LogP contribution in [0.25, 0.3) is 10.9 Å². The number of aromatic nitrogens is 3. The fourth-order valence-electron chi connectivity index (χ4n) is 3.88. The maximum Gasteiger partial charge on any atom is 0.268 e. The Morgan fingerprint density at radius 2 is 1.97 bits per heavy atom. The third-order valence-corrected chi connectivity index (χ3v) is 7.75. The molecule has 4 rings (SSSR count). The molecule has 0 aliphatic carbocycles. The Bertz CT molecular complexity index is 1190. The molecule has 8 nitrogen and oxygen atoms in total. The van der Waals surface area contributed by atoms with Crippen LogP contribution >= 0.6 is 0 Å². The first kappa shape index (κ1) is 20.5. The molecule has 1 fully saturated rings. The van der Waals surface area contributed by atoms with Gasteiger partial charge in [0.25, 0.3) is 5.91 Å². The topological polar surface area (TPSA) is 97.2 Å². The molecule has 1 aliphatic rings. The molecule has 0 saturated carbocycles. The average Bonchev–Trinajstić information content (AvgIpc) is 3.08. The predicted octanol–water partition coefficient (Wildman–Crippen LogP) is 2.38. The van der Waals surface area contributed by atoms with Crippen molar-refractivity contribution < 1.29 is 13.2 Å². The van der Waals surface area contributed by atoms with E-state index in [1.165, 1.54) is 16.7 Å². The minimum absolute atomic E-state index is 0.204. The number of carbonyl (C=O) groups is 1. The van der Waals surface area contributed by atoms with Gasteiger partial charge in [-0.2, -0.15) is 4.31 Å². The van der Waals surface area contributed by atoms with Crippen molar-refractivity contribution in [3.8, 4) is 0 Å². The molecule has 0 bridgehead atoms. The highest BCUT2D eigenvalue weighted by atomic mass is 32.2. The Hall–Kier alpha value is -2.78. The van der Waals surface area contributed by atoms with Gasteiger partial charge in [-0.15, -0.1) is 0 Å². The third-order valence-electron chi connectivity index (χ3n) is 5.73. The lowest BCUT2D eigenvalue weighted by Crippen LogP contribution is -2.35. The number of nitrogens with one attached hydrogen (secondary N) is 1. The molecule has 3 heterocycles. The molecule has 0 radical (unpaired) electrons. The van der Waals surface area contributed by atoms with Crippen molar-refractivity contribution in [2.24, 2.45) is 7.05 Å². The number of hydrogen-bond donors (Lipinski definition) is 1. The number of fused-ring (bicyclic) bond motifs is 1. The summed E-state index contributed by atoms with van der Waals surface area (Å²) in [6.45, 7) is 3.08. The molecule has 9 heteroatoms. The van der Waals surface area contributed by atoms with Crippen LogP contribution in [0.4, 0.5) is 0 Å². The maximum absolute atomic E-state index is 13.1. The molecule has 158 valence electrons. The molecule has 2 aromatic heterocycles. The summed E-state index contributed by atoms with van der Waals surface area (Å²) >= 11 is 0. The van der Waals surface area contributed by atoms with Gasteiger partial charge in [-0.3, -0.25) is 4.79 Å². The fourth-order valence-corrected chi connectivity index (χ4v) is 5.67. The number of carbonyl (C=O) groups excluding carboxylic acids is 1. The number of nitrogens with zero attached hydrogens (tertiary/aromatic N) is 4. The highest BCUT2D eigenvalue weighted by Gasteiger charge is 2.30. The van der Waals surface area contributed by atoms with E-state index in [2.05, 4.69) is 15.3 Å². The molecule has 1 N–H and O–H groups in total. The largest absolute Gasteiger partial charge is 0.347 e. The third kappa shape index (κ3) is 3.70. The second kappa shape index (κ2) is 8.16. The standard InChI is InChI=1S/C21H25N5O3S/c1-15-20(30(28,29)26-9-4-3-5-10-26)11-19(25(15)2)21(27)23-12-16-7-6-8-18-17(16)13-22-14-24-18/h6-8,11,13-14H,3-5,9-10,12H2,1-2H3,(H,23,27). The van der Waals surface area contributed by atoms with Gasteiger partial charge in [-0.1, -0.05) is 18.6 Å². The number of hydrogen-bond acceptors (Lipinski definition) is 5. The maximum atomic E-state index is 13.1. The lowest BCUT2D eigenvalue weighted by Gasteiger charge is -2.25. The molecular weight excluding hydrogens is 402 g/mol. The van der Waals surface area contributed by atoms with Crippen molar-refractivity contribution in [3.63, 3.8) is 0 Å². The molecule has 30 heavy (non-hydrogen) atoms. The summed E-state index contributed by atoms with van der Waals surface area (Å²) in [6, 6.07) is 7.17. The van der Waals surface area contributed by atoms with E-state index in [-0.39, 0.29) is 10.8 Å². The molecule has 0 unspecified atom stereocenters. The SMILES string of the molecule is Cc1c(S(=O)(=O)N2CCCCC2)cc(C(=O)NCc2cccc3ncncc23)n1C. The lowest BCUT2D eigenvalue weighted by atomic mass is 10.1. The Labute approximate surface area is 176 Å². The van der Waals surface area contributed by atoms with Crippen molar-refractivity contribution in [1.82, 2.24) is 24.2 Å². The van der Waals surface area contributed by atoms with Crippen LogP contribution < -0.4 is 5.32 Å². The van der Waals surface area contributed by atoms with Crippen molar-refractivity contribution in [3.05, 3.63) is 53.7 Å². The van der Waals surface area contributed by atoms with Crippen LogP contribution in [0.5, 0.6) is 0 Å². The normalized spacial score (nSPS) is 15.4. The lowest BCUT2D eigenvalue weighted by molar-refractivity contribution is 0.0942. The summed E-state index contributed by atoms with van der Waals surface area (Å²) in [4.78, 5) is 21.4. The summed E-state index contributed by atoms with van der Waals surface area (Å²) in [7, 11) is -1.89. The molecule has 0 spiro atoms. The van der Waals surface area contributed by atoms with Crippen molar-refractivity contribution in [1.29, 1.82) is 0 Å². The smallest absolute Gasteiger partial charge is 0.268 e. The van der Waals surface area contributed by atoms with Gasteiger partial charge in [0, 0.05) is 44.0 Å². The van der Waals surface area contributed by atoms with Gasteiger partial charge >= 0.3 is 0 Å². The second-order valence-electron chi connectivity index (χ2n) is 7.56. The number of piperidine rings is 1. The van der Waals surface area contributed by atoms with Crippen molar-refractivity contribution in [2.75, 3.05) is 13.1 Å². The van der Waals surface area contributed by atoms with Crippen molar-refractivity contribution in [2.45, 2.75) is 37.6 Å². The van der Waals surface area contributed by atoms with Crippen LogP contribution in [0.2, 0.25) is 0 Å². The first-order chi connectivity index (χ1) is 14.4. The minimum atomic E-state index is -3.61. The van der Waals surface area contributed by atoms with E-state index in [0.29, 0.717) is 31.0 Å². The van der Waals surface area contributed by atoms with E-state index < -0.39 is 10.0 Å². The molecule has 1 amide bonds. The van der Waals surface area contributed by atoms with E-state index in [1.807, 2.05) is 18.2 Å². The van der Waals surface area contributed by atoms with Crippen LogP contribution in [-0.2, 0) is 23.6 Å². The first-order valence-electron chi connectivity index (χ1n) is 10.0. The van der Waals surface area contributed by atoms with E-state index in [4.69, 9.17) is 0 Å². The zero-order valence-electron chi connectivity index (χ0n) is 17.1. The highest BCUT2D eigenvalue weighted by Crippen LogP contribution is 2.26. The Kier molecular flexibility index (Phi) is 5.57. The molecule has 1 saturated heterocycles. The molecule has 1 aromatic carbocycles. The Morgan fingerprint density at radius 3 is 2.73 bits per heavy atom. The number of rotatable bonds is 5. The highest BCUT2D eigenvalue weighted by molar-refractivity contribution is 7.89. The number of amides is 1. The Morgan fingerprint density at radius 1 is 1.20 bits per heavy atom. The summed E-state index contributed by atoms with van der Waals surface area (Å²) in [5.41, 5.74) is 2.58. The van der Waals surface area contributed by atoms with Crippen LogP contribution in [0.1, 0.15) is 41.0 Å². The number of benzene rings is 1. The van der Waals surface area contributed by atoms with E-state index in [1.54, 1.807) is 24.7 Å². The fraction of sp³-hybridized carbons (Fsp3) is 0.381. The van der Waals surface area contributed by atoms with Crippen LogP contribution in [0, 0.1) is 6.92 Å². The van der Waals surface area contributed by atoms with Crippen LogP contribution in [0.3, 0.4) is 0 Å². The van der Waals surface area contributed by atoms with Gasteiger partial charge in [-0.05, 0) is 37.5 Å². The van der Waals surface area contributed by atoms with Gasteiger partial charge in [0.1, 0.15) is 16.9 Å². The van der Waals surface area contributed by atoms with Crippen molar-refractivity contribution >= 4 is 26.8 Å². The van der Waals surface area contributed by atoms with E-state index >= 15 is 0 Å². The van der Waals surface area contributed by atoms with Crippen LogP contribution in [-0.4, -0.2) is 46.3 Å². The zero-order valence-corrected chi connectivity index (χ0v) is 17.9. The van der Waals surface area contributed by atoms with Gasteiger partial charge in [0.2, 0.25) is 10.0 Å². The van der Waals surface area contributed by atoms with Gasteiger partial charge in [-0.25, -0.2) is 18.4 Å². The molecule has 0 atom stereocenters. The second-order valence-corrected chi connectivity index (χ2v) is 9.46. The van der Waals surface area contributed by atoms with Gasteiger partial charge in [0.05, 0.1) is 5.52 Å². The first-order valence-corrected chi connectivity index (χ1v) is 11.5. The van der Waals surface area contributed by atoms with Gasteiger partial charge in [0.15, 0.2) is 0 Å². The van der Waals surface area contributed by atoms with Crippen LogP contribution in [0.15, 0.2) is 41.7 Å². The number of sulfonamides is 1. The van der Waals surface area contributed by atoms with Gasteiger partial charge < -0.3 is 9.88 Å². The predicted molar refractivity (Wildman–Crippen MR) is 113 cm³/mol. The summed E-state index contributed by atoms with van der Waals surface area (Å²) in [6.07, 6.45) is 5.99. The Balaban J connectivity index is 1.57. The summed E-state index contributed by atoms with van der Waals surface area (Å²) in [5, 5.41) is 3.77. The van der Waals surface area contributed by atoms with E-state index in [9.17, 15) is 13.2 Å². The molecule has 3 aromatic rings. The average molecular weight is 428 g/mol. The summed E-state index contributed by atoms with van der Waals surface area (Å²) in [5.74, 6) is -0.324. The minimum Gasteiger partial charge on any atom is -0.347 e. The zero-order chi connectivity index (χ0) is 21.3.